The molecule has 2 aromatic heterocycles. The van der Waals surface area contributed by atoms with Crippen molar-refractivity contribution in [1.29, 1.82) is 5.26 Å². The number of nitrogens with one attached hydrogen (secondary N) is 2. The molecule has 5 rings (SSSR count). The van der Waals surface area contributed by atoms with E-state index in [1.54, 1.807) is 4.90 Å². The van der Waals surface area contributed by atoms with E-state index in [9.17, 15) is 28.0 Å². The summed E-state index contributed by atoms with van der Waals surface area (Å²) in [4.78, 5) is 36.9. The van der Waals surface area contributed by atoms with Crippen LogP contribution >= 0.6 is 0 Å². The number of halogens is 5. The Morgan fingerprint density at radius 2 is 1.78 bits per heavy atom. The SMILES string of the molecule is CC1CN(c2cc(F)c(-c3cnc(N4CCOCC4)c(C#N)c3)c(F)c2NC(=O)c2c[nH]c(=O)cc2C(F)(F)F)CC(C)N1C. The zero-order chi connectivity index (χ0) is 32.6. The van der Waals surface area contributed by atoms with Gasteiger partial charge in [0.05, 0.1) is 41.2 Å². The van der Waals surface area contributed by atoms with Gasteiger partial charge in [-0.2, -0.15) is 18.4 Å². The Morgan fingerprint density at radius 1 is 1.11 bits per heavy atom. The van der Waals surface area contributed by atoms with Crippen molar-refractivity contribution in [2.45, 2.75) is 32.1 Å². The molecule has 3 aromatic rings. The number of benzene rings is 1. The Hall–Kier alpha value is -4.55. The summed E-state index contributed by atoms with van der Waals surface area (Å²) in [5, 5.41) is 12.1. The second-order valence-electron chi connectivity index (χ2n) is 11.1. The fraction of sp³-hybridized carbons (Fsp3) is 0.400. The largest absolute Gasteiger partial charge is 0.417 e. The van der Waals surface area contributed by atoms with Crippen molar-refractivity contribution in [2.24, 2.45) is 0 Å². The first kappa shape index (κ1) is 31.9. The van der Waals surface area contributed by atoms with Gasteiger partial charge in [-0.15, -0.1) is 0 Å². The number of nitriles is 1. The van der Waals surface area contributed by atoms with Gasteiger partial charge in [0.2, 0.25) is 5.56 Å². The van der Waals surface area contributed by atoms with Crippen molar-refractivity contribution in [3.63, 3.8) is 0 Å². The van der Waals surface area contributed by atoms with Crippen LogP contribution in [-0.2, 0) is 10.9 Å². The summed E-state index contributed by atoms with van der Waals surface area (Å²) >= 11 is 0. The monoisotopic (exact) mass is 631 g/mol. The van der Waals surface area contributed by atoms with E-state index in [0.717, 1.165) is 6.07 Å². The quantitative estimate of drug-likeness (QED) is 0.402. The van der Waals surface area contributed by atoms with Gasteiger partial charge in [0.25, 0.3) is 5.91 Å². The van der Waals surface area contributed by atoms with Gasteiger partial charge in [-0.25, -0.2) is 13.8 Å². The van der Waals surface area contributed by atoms with Crippen LogP contribution in [0.3, 0.4) is 0 Å². The molecule has 4 heterocycles. The zero-order valence-corrected chi connectivity index (χ0v) is 24.6. The average molecular weight is 632 g/mol. The summed E-state index contributed by atoms with van der Waals surface area (Å²) in [7, 11) is 1.90. The number of anilines is 3. The van der Waals surface area contributed by atoms with Gasteiger partial charge >= 0.3 is 6.18 Å². The Labute approximate surface area is 255 Å². The molecule has 1 aromatic carbocycles. The molecule has 0 radical (unpaired) electrons. The second-order valence-corrected chi connectivity index (χ2v) is 11.1. The van der Waals surface area contributed by atoms with Crippen molar-refractivity contribution in [1.82, 2.24) is 14.9 Å². The van der Waals surface area contributed by atoms with Crippen LogP contribution < -0.4 is 20.7 Å². The van der Waals surface area contributed by atoms with Gasteiger partial charge in [0, 0.05) is 68.4 Å². The molecular formula is C30H30F5N7O3. The summed E-state index contributed by atoms with van der Waals surface area (Å²) in [6.45, 7) is 6.15. The molecule has 0 spiro atoms. The molecule has 10 nitrogen and oxygen atoms in total. The van der Waals surface area contributed by atoms with Crippen LogP contribution in [0.5, 0.6) is 0 Å². The lowest BCUT2D eigenvalue weighted by Crippen LogP contribution is -2.55. The third kappa shape index (κ3) is 6.34. The van der Waals surface area contributed by atoms with Crippen LogP contribution in [0.4, 0.5) is 39.1 Å². The van der Waals surface area contributed by atoms with Crippen molar-refractivity contribution < 1.29 is 31.5 Å². The molecule has 2 N–H and O–H groups in total. The van der Waals surface area contributed by atoms with E-state index < -0.39 is 51.7 Å². The minimum atomic E-state index is -5.07. The first-order valence-corrected chi connectivity index (χ1v) is 14.1. The van der Waals surface area contributed by atoms with Gasteiger partial charge in [0.1, 0.15) is 23.4 Å². The maximum absolute atomic E-state index is 16.6. The van der Waals surface area contributed by atoms with E-state index in [1.165, 1.54) is 12.3 Å². The van der Waals surface area contributed by atoms with Gasteiger partial charge in [-0.05, 0) is 27.0 Å². The molecule has 2 aliphatic rings. The van der Waals surface area contributed by atoms with Crippen molar-refractivity contribution >= 4 is 23.1 Å². The average Bonchev–Trinajstić information content (AvgIpc) is 3.00. The predicted molar refractivity (Wildman–Crippen MR) is 156 cm³/mol. The van der Waals surface area contributed by atoms with Crippen molar-refractivity contribution in [3.05, 3.63) is 69.3 Å². The van der Waals surface area contributed by atoms with E-state index in [1.807, 2.05) is 36.8 Å². The number of H-pyrrole nitrogens is 1. The molecule has 1 amide bonds. The number of hydrogen-bond acceptors (Lipinski definition) is 8. The fourth-order valence-electron chi connectivity index (χ4n) is 5.62. The number of carbonyl (C=O) groups is 1. The van der Waals surface area contributed by atoms with E-state index >= 15 is 8.78 Å². The molecule has 2 fully saturated rings. The number of hydrogen-bond donors (Lipinski definition) is 2. The summed E-state index contributed by atoms with van der Waals surface area (Å²) in [5.41, 5.74) is -4.89. The predicted octanol–water partition coefficient (Wildman–Crippen LogP) is 4.22. The van der Waals surface area contributed by atoms with Gasteiger partial charge in [-0.1, -0.05) is 0 Å². The lowest BCUT2D eigenvalue weighted by Gasteiger charge is -2.44. The van der Waals surface area contributed by atoms with E-state index in [2.05, 4.69) is 15.2 Å². The topological polar surface area (TPSA) is 118 Å². The molecular weight excluding hydrogens is 601 g/mol. The molecule has 45 heavy (non-hydrogen) atoms. The first-order chi connectivity index (χ1) is 21.3. The summed E-state index contributed by atoms with van der Waals surface area (Å²) < 4.78 is 79.1. The molecule has 2 unspecified atom stereocenters. The number of pyridine rings is 2. The van der Waals surface area contributed by atoms with E-state index in [4.69, 9.17) is 4.74 Å². The van der Waals surface area contributed by atoms with Crippen LogP contribution in [0, 0.1) is 23.0 Å². The summed E-state index contributed by atoms with van der Waals surface area (Å²) in [6, 6.07) is 4.37. The van der Waals surface area contributed by atoms with E-state index in [0.29, 0.717) is 51.4 Å². The van der Waals surface area contributed by atoms with Crippen molar-refractivity contribution in [2.75, 3.05) is 61.6 Å². The molecule has 0 aliphatic carbocycles. The smallest absolute Gasteiger partial charge is 0.378 e. The third-order valence-electron chi connectivity index (χ3n) is 8.20. The first-order valence-electron chi connectivity index (χ1n) is 14.1. The van der Waals surface area contributed by atoms with Crippen LogP contribution in [-0.4, -0.2) is 79.3 Å². The fourth-order valence-corrected chi connectivity index (χ4v) is 5.62. The van der Waals surface area contributed by atoms with Gasteiger partial charge in [0.15, 0.2) is 5.82 Å². The maximum atomic E-state index is 16.6. The Kier molecular flexibility index (Phi) is 8.81. The maximum Gasteiger partial charge on any atom is 0.417 e. The van der Waals surface area contributed by atoms with Gasteiger partial charge < -0.3 is 24.8 Å². The number of ether oxygens (including phenoxy) is 1. The Morgan fingerprint density at radius 3 is 2.40 bits per heavy atom. The van der Waals surface area contributed by atoms with Crippen LogP contribution in [0.2, 0.25) is 0 Å². The standard InChI is InChI=1S/C30H30F5N7O3/c1-16-14-42(15-17(2)40(16)3)23-10-22(31)25(19-8-18(11-36)28(38-12-19)41-4-6-45-7-5-41)26(32)27(23)39-29(44)20-13-37-24(43)9-21(20)30(33,34)35/h8-10,12-13,16-17H,4-7,14-15H2,1-3H3,(H,37,43)(H,39,44). The van der Waals surface area contributed by atoms with E-state index in [-0.39, 0.29) is 35.0 Å². The highest BCUT2D eigenvalue weighted by atomic mass is 19.4. The van der Waals surface area contributed by atoms with Crippen molar-refractivity contribution in [3.8, 4) is 17.2 Å². The zero-order valence-electron chi connectivity index (χ0n) is 24.6. The Balaban J connectivity index is 1.64. The molecule has 0 bridgehead atoms. The number of alkyl halides is 3. The number of aromatic nitrogens is 2. The highest BCUT2D eigenvalue weighted by molar-refractivity contribution is 6.07. The van der Waals surface area contributed by atoms with Crippen LogP contribution in [0.25, 0.3) is 11.1 Å². The van der Waals surface area contributed by atoms with Crippen LogP contribution in [0.15, 0.2) is 35.4 Å². The third-order valence-corrected chi connectivity index (χ3v) is 8.20. The highest BCUT2D eigenvalue weighted by Crippen LogP contribution is 2.40. The highest BCUT2D eigenvalue weighted by Gasteiger charge is 2.37. The minimum absolute atomic E-state index is 0.0487. The van der Waals surface area contributed by atoms with Gasteiger partial charge in [-0.3, -0.25) is 14.5 Å². The number of aromatic amines is 1. The normalized spacial score (nSPS) is 19.4. The lowest BCUT2D eigenvalue weighted by molar-refractivity contribution is -0.138. The number of piperazine rings is 1. The molecule has 2 saturated heterocycles. The number of morpholine rings is 1. The summed E-state index contributed by atoms with van der Waals surface area (Å²) in [5.74, 6) is -3.34. The molecule has 15 heteroatoms. The minimum Gasteiger partial charge on any atom is -0.378 e. The summed E-state index contributed by atoms with van der Waals surface area (Å²) in [6.07, 6.45) is -3.28. The molecule has 238 valence electrons. The number of likely N-dealkylation sites (N-methyl/N-ethyl adjacent to an activating group) is 1. The number of rotatable bonds is 5. The molecule has 0 saturated carbocycles. The molecule has 2 aliphatic heterocycles. The van der Waals surface area contributed by atoms with Crippen LogP contribution in [0.1, 0.15) is 35.3 Å². The second kappa shape index (κ2) is 12.4. The number of nitrogens with zero attached hydrogens (tertiary/aromatic N) is 5. The lowest BCUT2D eigenvalue weighted by atomic mass is 10.00. The Bertz CT molecular complexity index is 1700. The number of carbonyl (C=O) groups excluding carboxylic acids is 1. The molecule has 2 atom stereocenters. The number of amides is 1.